The summed E-state index contributed by atoms with van der Waals surface area (Å²) in [5, 5.41) is 0. The van der Waals surface area contributed by atoms with Gasteiger partial charge in [0.1, 0.15) is 0 Å². The quantitative estimate of drug-likeness (QED) is 0.713. The van der Waals surface area contributed by atoms with Crippen molar-refractivity contribution in [2.45, 2.75) is 33.1 Å². The average Bonchev–Trinajstić information content (AvgIpc) is 2.67. The third kappa shape index (κ3) is 1.62. The van der Waals surface area contributed by atoms with Crippen LogP contribution in [0, 0.1) is 12.3 Å². The highest BCUT2D eigenvalue weighted by atomic mass is 16.5. The number of methoxy groups -OCH3 is 1. The molecule has 1 aromatic rings. The minimum Gasteiger partial charge on any atom is -0.469 e. The molecule has 1 aliphatic carbocycles. The zero-order valence-electron chi connectivity index (χ0n) is 10.2. The summed E-state index contributed by atoms with van der Waals surface area (Å²) in [6, 6.07) is 6.45. The third-order valence-electron chi connectivity index (χ3n) is 3.71. The van der Waals surface area contributed by atoms with E-state index in [1.165, 1.54) is 23.8 Å². The molecular weight excluding hydrogens is 200 g/mol. The van der Waals surface area contributed by atoms with E-state index in [4.69, 9.17) is 4.74 Å². The molecule has 0 saturated heterocycles. The van der Waals surface area contributed by atoms with Crippen molar-refractivity contribution in [1.82, 2.24) is 0 Å². The fourth-order valence-electron chi connectivity index (χ4n) is 2.64. The van der Waals surface area contributed by atoms with Crippen LogP contribution in [0.4, 0.5) is 0 Å². The summed E-state index contributed by atoms with van der Waals surface area (Å²) < 4.78 is 4.95. The van der Waals surface area contributed by atoms with Gasteiger partial charge < -0.3 is 4.74 Å². The van der Waals surface area contributed by atoms with Gasteiger partial charge >= 0.3 is 5.97 Å². The topological polar surface area (TPSA) is 26.3 Å². The van der Waals surface area contributed by atoms with Gasteiger partial charge in [0.2, 0.25) is 0 Å². The predicted octanol–water partition coefficient (Wildman–Crippen LogP) is 2.66. The van der Waals surface area contributed by atoms with Crippen LogP contribution in [-0.4, -0.2) is 13.1 Å². The second kappa shape index (κ2) is 3.93. The molecule has 2 heteroatoms. The number of benzene rings is 1. The SMILES string of the molecule is CCC1(C(=O)OC)Cc2ccc(C)cc2C1. The van der Waals surface area contributed by atoms with Crippen molar-refractivity contribution in [3.8, 4) is 0 Å². The summed E-state index contributed by atoms with van der Waals surface area (Å²) in [5.41, 5.74) is 3.56. The Kier molecular flexibility index (Phi) is 2.75. The lowest BCUT2D eigenvalue weighted by Crippen LogP contribution is -2.32. The van der Waals surface area contributed by atoms with Gasteiger partial charge in [0.25, 0.3) is 0 Å². The van der Waals surface area contributed by atoms with E-state index in [1.807, 2.05) is 0 Å². The monoisotopic (exact) mass is 218 g/mol. The Labute approximate surface area is 96.6 Å². The number of fused-ring (bicyclic) bond motifs is 1. The van der Waals surface area contributed by atoms with Crippen LogP contribution in [0.25, 0.3) is 0 Å². The van der Waals surface area contributed by atoms with Crippen molar-refractivity contribution >= 4 is 5.97 Å². The second-order valence-corrected chi connectivity index (χ2v) is 4.75. The first-order valence-electron chi connectivity index (χ1n) is 5.78. The maximum Gasteiger partial charge on any atom is 0.312 e. The fraction of sp³-hybridized carbons (Fsp3) is 0.500. The summed E-state index contributed by atoms with van der Waals surface area (Å²) in [6.07, 6.45) is 2.49. The molecule has 0 bridgehead atoms. The van der Waals surface area contributed by atoms with Crippen molar-refractivity contribution in [2.24, 2.45) is 5.41 Å². The van der Waals surface area contributed by atoms with E-state index in [0.29, 0.717) is 0 Å². The van der Waals surface area contributed by atoms with Gasteiger partial charge in [-0.05, 0) is 37.3 Å². The molecule has 0 saturated carbocycles. The highest BCUT2D eigenvalue weighted by Crippen LogP contribution is 2.40. The Morgan fingerprint density at radius 2 is 2.06 bits per heavy atom. The lowest BCUT2D eigenvalue weighted by atomic mass is 9.82. The molecule has 0 N–H and O–H groups in total. The van der Waals surface area contributed by atoms with E-state index in [2.05, 4.69) is 32.0 Å². The number of hydrogen-bond acceptors (Lipinski definition) is 2. The van der Waals surface area contributed by atoms with Gasteiger partial charge in [-0.2, -0.15) is 0 Å². The van der Waals surface area contributed by atoms with Crippen LogP contribution >= 0.6 is 0 Å². The lowest BCUT2D eigenvalue weighted by molar-refractivity contribution is -0.152. The highest BCUT2D eigenvalue weighted by Gasteiger charge is 2.43. The highest BCUT2D eigenvalue weighted by molar-refractivity contribution is 5.79. The lowest BCUT2D eigenvalue weighted by Gasteiger charge is -2.23. The fourth-order valence-corrected chi connectivity index (χ4v) is 2.64. The number of rotatable bonds is 2. The summed E-state index contributed by atoms with van der Waals surface area (Å²) in [4.78, 5) is 11.9. The van der Waals surface area contributed by atoms with Gasteiger partial charge in [-0.1, -0.05) is 30.7 Å². The maximum atomic E-state index is 11.9. The first-order chi connectivity index (χ1) is 7.61. The van der Waals surface area contributed by atoms with E-state index in [0.717, 1.165) is 19.3 Å². The van der Waals surface area contributed by atoms with Gasteiger partial charge in [-0.25, -0.2) is 0 Å². The summed E-state index contributed by atoms with van der Waals surface area (Å²) in [5.74, 6) is -0.0659. The average molecular weight is 218 g/mol. The minimum atomic E-state index is -0.315. The Bertz CT molecular complexity index is 423. The Morgan fingerprint density at radius 3 is 2.69 bits per heavy atom. The molecule has 2 nitrogen and oxygen atoms in total. The molecule has 0 amide bonds. The van der Waals surface area contributed by atoms with Crippen LogP contribution < -0.4 is 0 Å². The van der Waals surface area contributed by atoms with E-state index >= 15 is 0 Å². The molecule has 0 aliphatic heterocycles. The standard InChI is InChI=1S/C14H18O2/c1-4-14(13(15)16-3)8-11-6-5-10(2)7-12(11)9-14/h5-7H,4,8-9H2,1-3H3. The van der Waals surface area contributed by atoms with Crippen LogP contribution in [0.2, 0.25) is 0 Å². The molecule has 0 spiro atoms. The number of carbonyl (C=O) groups excluding carboxylic acids is 1. The molecule has 1 atom stereocenters. The van der Waals surface area contributed by atoms with Crippen LogP contribution in [0.15, 0.2) is 18.2 Å². The maximum absolute atomic E-state index is 11.9. The summed E-state index contributed by atoms with van der Waals surface area (Å²) in [7, 11) is 1.48. The number of hydrogen-bond donors (Lipinski definition) is 0. The van der Waals surface area contributed by atoms with E-state index < -0.39 is 0 Å². The van der Waals surface area contributed by atoms with Crippen molar-refractivity contribution < 1.29 is 9.53 Å². The Hall–Kier alpha value is -1.31. The van der Waals surface area contributed by atoms with Crippen LogP contribution in [0.5, 0.6) is 0 Å². The molecule has 16 heavy (non-hydrogen) atoms. The largest absolute Gasteiger partial charge is 0.469 e. The van der Waals surface area contributed by atoms with Crippen LogP contribution in [-0.2, 0) is 22.4 Å². The Balaban J connectivity index is 2.35. The van der Waals surface area contributed by atoms with Crippen LogP contribution in [0.1, 0.15) is 30.0 Å². The molecule has 0 radical (unpaired) electrons. The molecule has 0 fully saturated rings. The molecule has 2 rings (SSSR count). The zero-order chi connectivity index (χ0) is 11.8. The van der Waals surface area contributed by atoms with Crippen molar-refractivity contribution in [3.05, 3.63) is 34.9 Å². The minimum absolute atomic E-state index is 0.0659. The van der Waals surface area contributed by atoms with Gasteiger partial charge in [0.05, 0.1) is 12.5 Å². The van der Waals surface area contributed by atoms with Gasteiger partial charge in [0, 0.05) is 0 Å². The van der Waals surface area contributed by atoms with E-state index in [9.17, 15) is 4.79 Å². The van der Waals surface area contributed by atoms with Crippen molar-refractivity contribution in [1.29, 1.82) is 0 Å². The molecule has 0 aromatic heterocycles. The second-order valence-electron chi connectivity index (χ2n) is 4.75. The first-order valence-corrected chi connectivity index (χ1v) is 5.78. The first kappa shape index (κ1) is 11.2. The molecular formula is C14H18O2. The Morgan fingerprint density at radius 1 is 1.38 bits per heavy atom. The summed E-state index contributed by atoms with van der Waals surface area (Å²) >= 11 is 0. The van der Waals surface area contributed by atoms with Gasteiger partial charge in [0.15, 0.2) is 0 Å². The molecule has 1 unspecified atom stereocenters. The summed E-state index contributed by atoms with van der Waals surface area (Å²) in [6.45, 7) is 4.15. The number of esters is 1. The molecule has 0 heterocycles. The molecule has 86 valence electrons. The van der Waals surface area contributed by atoms with E-state index in [-0.39, 0.29) is 11.4 Å². The number of carbonyl (C=O) groups is 1. The van der Waals surface area contributed by atoms with Crippen molar-refractivity contribution in [3.63, 3.8) is 0 Å². The van der Waals surface area contributed by atoms with Gasteiger partial charge in [-0.15, -0.1) is 0 Å². The molecule has 1 aromatic carbocycles. The number of ether oxygens (including phenoxy) is 1. The van der Waals surface area contributed by atoms with Crippen molar-refractivity contribution in [2.75, 3.05) is 7.11 Å². The predicted molar refractivity (Wildman–Crippen MR) is 63.3 cm³/mol. The van der Waals surface area contributed by atoms with Gasteiger partial charge in [-0.3, -0.25) is 4.79 Å². The molecule has 1 aliphatic rings. The smallest absolute Gasteiger partial charge is 0.312 e. The zero-order valence-corrected chi connectivity index (χ0v) is 10.2. The van der Waals surface area contributed by atoms with Crippen LogP contribution in [0.3, 0.4) is 0 Å². The number of aryl methyl sites for hydroxylation is 1. The third-order valence-corrected chi connectivity index (χ3v) is 3.71. The van der Waals surface area contributed by atoms with E-state index in [1.54, 1.807) is 0 Å². The normalized spacial score (nSPS) is 22.9.